The second-order valence-corrected chi connectivity index (χ2v) is 5.03. The molecule has 0 aliphatic carbocycles. The van der Waals surface area contributed by atoms with Crippen LogP contribution >= 0.6 is 0 Å². The van der Waals surface area contributed by atoms with Gasteiger partial charge in [-0.05, 0) is 25.8 Å². The number of carbonyl (C=O) groups is 1. The van der Waals surface area contributed by atoms with E-state index in [0.717, 1.165) is 25.2 Å². The smallest absolute Gasteiger partial charge is 0.254 e. The molecule has 2 heterocycles. The Morgan fingerprint density at radius 2 is 2.33 bits per heavy atom. The number of nitrogens with one attached hydrogen (secondary N) is 2. The largest absolute Gasteiger partial charge is 0.348 e. The second-order valence-electron chi connectivity index (χ2n) is 5.03. The van der Waals surface area contributed by atoms with Crippen molar-refractivity contribution in [1.29, 1.82) is 0 Å². The normalized spacial score (nSPS) is 19.2. The van der Waals surface area contributed by atoms with Gasteiger partial charge >= 0.3 is 0 Å². The highest BCUT2D eigenvalue weighted by Crippen LogP contribution is 2.16. The molecule has 2 N–H and O–H groups in total. The fourth-order valence-corrected chi connectivity index (χ4v) is 2.14. The van der Waals surface area contributed by atoms with Crippen molar-refractivity contribution >= 4 is 5.91 Å². The number of aromatic nitrogens is 2. The lowest BCUT2D eigenvalue weighted by atomic mass is 10.0. The highest BCUT2D eigenvalue weighted by molar-refractivity contribution is 5.95. The first-order valence-corrected chi connectivity index (χ1v) is 6.43. The minimum Gasteiger partial charge on any atom is -0.348 e. The van der Waals surface area contributed by atoms with Gasteiger partial charge in [-0.25, -0.2) is 9.97 Å². The van der Waals surface area contributed by atoms with Gasteiger partial charge < -0.3 is 10.6 Å². The SMILES string of the molecule is Cc1ncc(C(=O)NC2CCNC2)c(C(C)C)n1. The standard InChI is InChI=1S/C13H20N4O/c1-8(2)12-11(7-15-9(3)16-12)13(18)17-10-4-5-14-6-10/h7-8,10,14H,4-6H2,1-3H3,(H,17,18). The van der Waals surface area contributed by atoms with Crippen LogP contribution in [-0.2, 0) is 0 Å². The monoisotopic (exact) mass is 248 g/mol. The van der Waals surface area contributed by atoms with Crippen LogP contribution in [0.4, 0.5) is 0 Å². The van der Waals surface area contributed by atoms with E-state index >= 15 is 0 Å². The van der Waals surface area contributed by atoms with Gasteiger partial charge in [-0.15, -0.1) is 0 Å². The Labute approximate surface area is 107 Å². The van der Waals surface area contributed by atoms with Gasteiger partial charge in [0, 0.05) is 18.8 Å². The summed E-state index contributed by atoms with van der Waals surface area (Å²) in [6, 6.07) is 0.221. The molecule has 2 rings (SSSR count). The summed E-state index contributed by atoms with van der Waals surface area (Å²) in [5.74, 6) is 0.860. The molecule has 1 atom stereocenters. The van der Waals surface area contributed by atoms with Crippen LogP contribution in [0, 0.1) is 6.92 Å². The number of carbonyl (C=O) groups excluding carboxylic acids is 1. The first-order valence-electron chi connectivity index (χ1n) is 6.43. The van der Waals surface area contributed by atoms with E-state index in [1.54, 1.807) is 6.20 Å². The van der Waals surface area contributed by atoms with Crippen molar-refractivity contribution in [3.63, 3.8) is 0 Å². The van der Waals surface area contributed by atoms with Crippen molar-refractivity contribution in [1.82, 2.24) is 20.6 Å². The number of hydrogen-bond acceptors (Lipinski definition) is 4. The van der Waals surface area contributed by atoms with Crippen LogP contribution in [-0.4, -0.2) is 35.0 Å². The van der Waals surface area contributed by atoms with Crippen LogP contribution in [0.3, 0.4) is 0 Å². The Hall–Kier alpha value is -1.49. The average molecular weight is 248 g/mol. The quantitative estimate of drug-likeness (QED) is 0.837. The van der Waals surface area contributed by atoms with Gasteiger partial charge in [-0.2, -0.15) is 0 Å². The van der Waals surface area contributed by atoms with E-state index in [1.807, 2.05) is 20.8 Å². The molecule has 5 nitrogen and oxygen atoms in total. The van der Waals surface area contributed by atoms with Crippen LogP contribution in [0.25, 0.3) is 0 Å². The highest BCUT2D eigenvalue weighted by Gasteiger charge is 2.21. The Kier molecular flexibility index (Phi) is 3.91. The van der Waals surface area contributed by atoms with Gasteiger partial charge in [0.15, 0.2) is 0 Å². The summed E-state index contributed by atoms with van der Waals surface area (Å²) in [4.78, 5) is 20.7. The van der Waals surface area contributed by atoms with Crippen molar-refractivity contribution in [3.8, 4) is 0 Å². The Balaban J connectivity index is 2.18. The number of hydrogen-bond donors (Lipinski definition) is 2. The zero-order valence-electron chi connectivity index (χ0n) is 11.2. The first-order chi connectivity index (χ1) is 8.58. The van der Waals surface area contributed by atoms with Crippen LogP contribution in [0.5, 0.6) is 0 Å². The minimum absolute atomic E-state index is 0.0626. The third-order valence-electron chi connectivity index (χ3n) is 3.13. The van der Waals surface area contributed by atoms with Gasteiger partial charge in [-0.1, -0.05) is 13.8 Å². The maximum absolute atomic E-state index is 12.2. The van der Waals surface area contributed by atoms with Gasteiger partial charge in [0.05, 0.1) is 11.3 Å². The second kappa shape index (κ2) is 5.44. The zero-order chi connectivity index (χ0) is 13.1. The molecular weight excluding hydrogens is 228 g/mol. The topological polar surface area (TPSA) is 66.9 Å². The summed E-state index contributed by atoms with van der Waals surface area (Å²) >= 11 is 0. The molecule has 1 fully saturated rings. The lowest BCUT2D eigenvalue weighted by Gasteiger charge is -2.15. The molecule has 0 aromatic carbocycles. The van der Waals surface area contributed by atoms with Crippen molar-refractivity contribution < 1.29 is 4.79 Å². The van der Waals surface area contributed by atoms with E-state index in [1.165, 1.54) is 0 Å². The van der Waals surface area contributed by atoms with Gasteiger partial charge in [-0.3, -0.25) is 4.79 Å². The number of rotatable bonds is 3. The van der Waals surface area contributed by atoms with Crippen molar-refractivity contribution in [3.05, 3.63) is 23.3 Å². The van der Waals surface area contributed by atoms with E-state index in [9.17, 15) is 4.79 Å². The van der Waals surface area contributed by atoms with E-state index < -0.39 is 0 Å². The van der Waals surface area contributed by atoms with Gasteiger partial charge in [0.2, 0.25) is 0 Å². The van der Waals surface area contributed by atoms with Crippen LogP contribution in [0.1, 0.15) is 48.1 Å². The van der Waals surface area contributed by atoms with E-state index in [2.05, 4.69) is 20.6 Å². The summed E-state index contributed by atoms with van der Waals surface area (Å²) in [6.45, 7) is 7.72. The van der Waals surface area contributed by atoms with Gasteiger partial charge in [0.1, 0.15) is 5.82 Å². The minimum atomic E-state index is -0.0626. The molecule has 18 heavy (non-hydrogen) atoms. The van der Waals surface area contributed by atoms with Crippen molar-refractivity contribution in [2.45, 2.75) is 39.2 Å². The molecule has 0 saturated carbocycles. The lowest BCUT2D eigenvalue weighted by Crippen LogP contribution is -2.37. The molecule has 98 valence electrons. The molecule has 1 unspecified atom stereocenters. The van der Waals surface area contributed by atoms with Gasteiger partial charge in [0.25, 0.3) is 5.91 Å². The molecule has 1 aliphatic rings. The molecular formula is C13H20N4O. The first kappa shape index (κ1) is 13.0. The Morgan fingerprint density at radius 3 is 2.94 bits per heavy atom. The maximum Gasteiger partial charge on any atom is 0.254 e. The van der Waals surface area contributed by atoms with E-state index in [4.69, 9.17) is 0 Å². The third kappa shape index (κ3) is 2.85. The molecule has 1 aliphatic heterocycles. The number of nitrogens with zero attached hydrogens (tertiary/aromatic N) is 2. The third-order valence-corrected chi connectivity index (χ3v) is 3.13. The summed E-state index contributed by atoms with van der Waals surface area (Å²) in [5.41, 5.74) is 1.42. The molecule has 1 saturated heterocycles. The summed E-state index contributed by atoms with van der Waals surface area (Å²) in [6.07, 6.45) is 2.62. The predicted molar refractivity (Wildman–Crippen MR) is 69.6 cm³/mol. The average Bonchev–Trinajstić information content (AvgIpc) is 2.81. The number of amides is 1. The summed E-state index contributed by atoms with van der Waals surface area (Å²) in [7, 11) is 0. The summed E-state index contributed by atoms with van der Waals surface area (Å²) in [5, 5.41) is 6.26. The number of aryl methyl sites for hydroxylation is 1. The molecule has 0 bridgehead atoms. The molecule has 1 amide bonds. The lowest BCUT2D eigenvalue weighted by molar-refractivity contribution is 0.0938. The summed E-state index contributed by atoms with van der Waals surface area (Å²) < 4.78 is 0. The Morgan fingerprint density at radius 1 is 1.56 bits per heavy atom. The molecule has 0 radical (unpaired) electrons. The van der Waals surface area contributed by atoms with Crippen molar-refractivity contribution in [2.75, 3.05) is 13.1 Å². The van der Waals surface area contributed by atoms with Crippen molar-refractivity contribution in [2.24, 2.45) is 0 Å². The molecule has 0 spiro atoms. The maximum atomic E-state index is 12.2. The van der Waals surface area contributed by atoms with Crippen LogP contribution in [0.2, 0.25) is 0 Å². The van der Waals surface area contributed by atoms with E-state index in [-0.39, 0.29) is 17.9 Å². The Bertz CT molecular complexity index is 439. The fourth-order valence-electron chi connectivity index (χ4n) is 2.14. The predicted octanol–water partition coefficient (Wildman–Crippen LogP) is 1.00. The molecule has 1 aromatic heterocycles. The fraction of sp³-hybridized carbons (Fsp3) is 0.615. The molecule has 1 aromatic rings. The molecule has 5 heteroatoms. The highest BCUT2D eigenvalue weighted by atomic mass is 16.1. The zero-order valence-corrected chi connectivity index (χ0v) is 11.2. The van der Waals surface area contributed by atoms with E-state index in [0.29, 0.717) is 11.4 Å². The van der Waals surface area contributed by atoms with Crippen LogP contribution < -0.4 is 10.6 Å². The van der Waals surface area contributed by atoms with Crippen LogP contribution in [0.15, 0.2) is 6.20 Å².